The van der Waals surface area contributed by atoms with Crippen molar-refractivity contribution < 1.29 is 28.7 Å². The molecule has 5 aliphatic rings. The number of carbonyl (C=O) groups is 4. The zero-order valence-electron chi connectivity index (χ0n) is 16.5. The van der Waals surface area contributed by atoms with Crippen molar-refractivity contribution in [2.45, 2.75) is 38.5 Å². The van der Waals surface area contributed by atoms with Crippen LogP contribution < -0.4 is 0 Å². The van der Waals surface area contributed by atoms with Crippen LogP contribution in [0, 0.1) is 59.2 Å². The van der Waals surface area contributed by atoms with Crippen LogP contribution in [0.2, 0.25) is 0 Å². The Balaban J connectivity index is 1.63. The third kappa shape index (κ3) is 2.26. The van der Waals surface area contributed by atoms with Crippen molar-refractivity contribution in [3.05, 3.63) is 0 Å². The van der Waals surface area contributed by atoms with E-state index in [9.17, 15) is 19.2 Å². The molecule has 5 saturated carbocycles. The fraction of sp³-hybridized carbons (Fsp3) is 0.818. The van der Waals surface area contributed by atoms with E-state index in [0.717, 1.165) is 25.7 Å². The number of esters is 2. The predicted octanol–water partition coefficient (Wildman–Crippen LogP) is 2.04. The van der Waals surface area contributed by atoms with E-state index in [2.05, 4.69) is 0 Å². The Bertz CT molecular complexity index is 681. The van der Waals surface area contributed by atoms with Crippen molar-refractivity contribution in [1.29, 1.82) is 0 Å². The molecule has 0 spiro atoms. The summed E-state index contributed by atoms with van der Waals surface area (Å²) in [6, 6.07) is 0. The van der Waals surface area contributed by atoms with E-state index < -0.39 is 23.8 Å². The maximum absolute atomic E-state index is 13.0. The van der Waals surface area contributed by atoms with Gasteiger partial charge in [-0.3, -0.25) is 19.2 Å². The van der Waals surface area contributed by atoms with Crippen LogP contribution in [0.5, 0.6) is 0 Å². The van der Waals surface area contributed by atoms with Crippen LogP contribution in [-0.4, -0.2) is 37.7 Å². The summed E-state index contributed by atoms with van der Waals surface area (Å²) in [5.41, 5.74) is 0. The summed E-state index contributed by atoms with van der Waals surface area (Å²) >= 11 is 0. The summed E-state index contributed by atoms with van der Waals surface area (Å²) in [6.45, 7) is 0. The third-order valence-electron chi connectivity index (χ3n) is 8.96. The average molecular weight is 388 g/mol. The SMILES string of the molecule is COC(=O)[C@@H]1[C@H](C(=O)OC)[C@H]2[C@@H](C[C@H]3CCC(=O)[C@H]32)[C@H]2C[C@H]3CCC(=O)[C@H]3[C@H]21. The minimum Gasteiger partial charge on any atom is -0.469 e. The molecule has 0 N–H and O–H groups in total. The number of rotatable bonds is 2. The Morgan fingerprint density at radius 1 is 0.750 bits per heavy atom. The van der Waals surface area contributed by atoms with Crippen LogP contribution in [0.4, 0.5) is 0 Å². The summed E-state index contributed by atoms with van der Waals surface area (Å²) in [7, 11) is 2.69. The maximum Gasteiger partial charge on any atom is 0.309 e. The maximum atomic E-state index is 13.0. The Labute approximate surface area is 164 Å². The normalized spacial score (nSPS) is 48.6. The quantitative estimate of drug-likeness (QED) is 0.673. The number of fused-ring (bicyclic) bond motifs is 7. The molecule has 0 bridgehead atoms. The number of ether oxygens (including phenoxy) is 2. The van der Waals surface area contributed by atoms with Gasteiger partial charge >= 0.3 is 11.9 Å². The largest absolute Gasteiger partial charge is 0.469 e. The number of methoxy groups -OCH3 is 2. The molecule has 6 heteroatoms. The zero-order chi connectivity index (χ0) is 19.7. The molecular weight excluding hydrogens is 360 g/mol. The first-order valence-electron chi connectivity index (χ1n) is 10.7. The van der Waals surface area contributed by atoms with Gasteiger partial charge in [0.05, 0.1) is 26.1 Å². The number of Topliss-reactive ketones (excluding diaryl/α,β-unsaturated/α-hetero) is 2. The number of ketones is 2. The summed E-state index contributed by atoms with van der Waals surface area (Å²) in [6.07, 6.45) is 4.81. The molecule has 0 aliphatic heterocycles. The van der Waals surface area contributed by atoms with Gasteiger partial charge < -0.3 is 9.47 Å². The van der Waals surface area contributed by atoms with Crippen LogP contribution in [-0.2, 0) is 28.7 Å². The Kier molecular flexibility index (Phi) is 4.18. The van der Waals surface area contributed by atoms with Crippen LogP contribution in [0.25, 0.3) is 0 Å². The second kappa shape index (κ2) is 6.39. The molecule has 0 unspecified atom stereocenters. The van der Waals surface area contributed by atoms with Gasteiger partial charge in [0.15, 0.2) is 0 Å². The summed E-state index contributed by atoms with van der Waals surface area (Å²) in [4.78, 5) is 51.4. The third-order valence-corrected chi connectivity index (χ3v) is 8.96. The Hall–Kier alpha value is -1.72. The van der Waals surface area contributed by atoms with E-state index in [1.165, 1.54) is 14.2 Å². The van der Waals surface area contributed by atoms with Gasteiger partial charge in [0.1, 0.15) is 11.6 Å². The lowest BCUT2D eigenvalue weighted by molar-refractivity contribution is -0.173. The van der Waals surface area contributed by atoms with E-state index in [1.54, 1.807) is 0 Å². The molecule has 152 valence electrons. The van der Waals surface area contributed by atoms with Gasteiger partial charge in [0, 0.05) is 24.7 Å². The molecule has 0 aromatic rings. The fourth-order valence-corrected chi connectivity index (χ4v) is 8.26. The van der Waals surface area contributed by atoms with E-state index in [0.29, 0.717) is 24.7 Å². The predicted molar refractivity (Wildman–Crippen MR) is 96.6 cm³/mol. The molecule has 5 fully saturated rings. The standard InChI is InChI=1S/C22H28O6/c1-27-21(25)19-17-11(7-9-3-5-13(23)15(9)17)12-8-10-4-6-14(24)16(10)18(12)20(19)22(26)28-2/h9-12,15-20H,3-8H2,1-2H3/t9-,10-,11-,12+,15+,16+,17+,18+,19+,20-/m1/s1. The number of hydrogen-bond acceptors (Lipinski definition) is 6. The molecule has 0 radical (unpaired) electrons. The van der Waals surface area contributed by atoms with E-state index in [-0.39, 0.29) is 47.1 Å². The first-order chi connectivity index (χ1) is 13.5. The lowest BCUT2D eigenvalue weighted by atomic mass is 9.55. The summed E-state index contributed by atoms with van der Waals surface area (Å²) < 4.78 is 10.3. The highest BCUT2D eigenvalue weighted by Gasteiger charge is 2.68. The van der Waals surface area contributed by atoms with Gasteiger partial charge in [-0.1, -0.05) is 0 Å². The molecule has 0 aromatic heterocycles. The highest BCUT2D eigenvalue weighted by atomic mass is 16.5. The van der Waals surface area contributed by atoms with Gasteiger partial charge in [-0.15, -0.1) is 0 Å². The molecular formula is C22H28O6. The topological polar surface area (TPSA) is 86.7 Å². The van der Waals surface area contributed by atoms with Crippen LogP contribution in [0.1, 0.15) is 38.5 Å². The summed E-state index contributed by atoms with van der Waals surface area (Å²) in [5.74, 6) is -1.20. The van der Waals surface area contributed by atoms with Crippen molar-refractivity contribution in [2.75, 3.05) is 14.2 Å². The van der Waals surface area contributed by atoms with Crippen molar-refractivity contribution in [3.8, 4) is 0 Å². The first kappa shape index (κ1) is 18.3. The monoisotopic (exact) mass is 388 g/mol. The molecule has 5 rings (SSSR count). The van der Waals surface area contributed by atoms with Gasteiger partial charge in [0.2, 0.25) is 0 Å². The lowest BCUT2D eigenvalue weighted by Gasteiger charge is -2.47. The van der Waals surface area contributed by atoms with Crippen molar-refractivity contribution in [2.24, 2.45) is 59.2 Å². The molecule has 6 nitrogen and oxygen atoms in total. The highest BCUT2D eigenvalue weighted by Crippen LogP contribution is 2.67. The Morgan fingerprint density at radius 2 is 1.14 bits per heavy atom. The molecule has 0 amide bonds. The number of carbonyl (C=O) groups excluding carboxylic acids is 4. The number of hydrogen-bond donors (Lipinski definition) is 0. The minimum atomic E-state index is -0.673. The fourth-order valence-electron chi connectivity index (χ4n) is 8.26. The molecule has 0 aromatic carbocycles. The molecule has 28 heavy (non-hydrogen) atoms. The molecule has 0 saturated heterocycles. The average Bonchev–Trinajstić information content (AvgIpc) is 3.42. The van der Waals surface area contributed by atoms with E-state index >= 15 is 0 Å². The van der Waals surface area contributed by atoms with E-state index in [4.69, 9.17) is 9.47 Å². The van der Waals surface area contributed by atoms with Gasteiger partial charge in [-0.05, 0) is 61.2 Å². The zero-order valence-corrected chi connectivity index (χ0v) is 16.5. The molecule has 0 heterocycles. The van der Waals surface area contributed by atoms with Crippen LogP contribution in [0.15, 0.2) is 0 Å². The minimum absolute atomic E-state index is 0.140. The smallest absolute Gasteiger partial charge is 0.309 e. The van der Waals surface area contributed by atoms with E-state index in [1.807, 2.05) is 0 Å². The van der Waals surface area contributed by atoms with Gasteiger partial charge in [0.25, 0.3) is 0 Å². The van der Waals surface area contributed by atoms with Crippen LogP contribution in [0.3, 0.4) is 0 Å². The van der Waals surface area contributed by atoms with Crippen LogP contribution >= 0.6 is 0 Å². The summed E-state index contributed by atoms with van der Waals surface area (Å²) in [5, 5.41) is 0. The first-order valence-corrected chi connectivity index (χ1v) is 10.7. The highest BCUT2D eigenvalue weighted by molar-refractivity contribution is 5.89. The molecule has 5 aliphatic carbocycles. The van der Waals surface area contributed by atoms with Gasteiger partial charge in [-0.2, -0.15) is 0 Å². The Morgan fingerprint density at radius 3 is 1.50 bits per heavy atom. The van der Waals surface area contributed by atoms with Gasteiger partial charge in [-0.25, -0.2) is 0 Å². The van der Waals surface area contributed by atoms with Crippen molar-refractivity contribution in [3.63, 3.8) is 0 Å². The lowest BCUT2D eigenvalue weighted by Crippen LogP contribution is -2.53. The van der Waals surface area contributed by atoms with Crippen molar-refractivity contribution >= 4 is 23.5 Å². The second-order valence-corrected chi connectivity index (χ2v) is 9.63. The molecule has 10 atom stereocenters. The van der Waals surface area contributed by atoms with Crippen molar-refractivity contribution in [1.82, 2.24) is 0 Å². The second-order valence-electron chi connectivity index (χ2n) is 9.63.